The first-order valence-corrected chi connectivity index (χ1v) is 8.30. The molecule has 0 saturated carbocycles. The lowest BCUT2D eigenvalue weighted by Crippen LogP contribution is -2.36. The van der Waals surface area contributed by atoms with Gasteiger partial charge >= 0.3 is 0 Å². The number of thiazole rings is 1. The van der Waals surface area contributed by atoms with Crippen LogP contribution in [0.15, 0.2) is 18.2 Å². The van der Waals surface area contributed by atoms with E-state index in [1.165, 1.54) is 17.0 Å². The van der Waals surface area contributed by atoms with E-state index in [0.717, 1.165) is 36.5 Å². The molecule has 1 aliphatic rings. The Kier molecular flexibility index (Phi) is 4.06. The van der Waals surface area contributed by atoms with Crippen LogP contribution < -0.4 is 10.2 Å². The molecule has 1 amide bonds. The van der Waals surface area contributed by atoms with Crippen LogP contribution in [0.5, 0.6) is 0 Å². The van der Waals surface area contributed by atoms with Gasteiger partial charge in [-0.1, -0.05) is 32.1 Å². The highest BCUT2D eigenvalue weighted by molar-refractivity contribution is 7.22. The Hall–Kier alpha value is -1.66. The summed E-state index contributed by atoms with van der Waals surface area (Å²) in [5.74, 6) is -0.0139. The number of nitrogens with zero attached hydrogens (tertiary/aromatic N) is 2. The molecular formula is C16H21N3O2S. The van der Waals surface area contributed by atoms with Crippen LogP contribution in [0.4, 0.5) is 10.8 Å². The monoisotopic (exact) mass is 319 g/mol. The van der Waals surface area contributed by atoms with Crippen molar-refractivity contribution in [1.82, 2.24) is 4.98 Å². The van der Waals surface area contributed by atoms with Crippen molar-refractivity contribution in [2.75, 3.05) is 36.5 Å². The molecule has 0 aliphatic carbocycles. The van der Waals surface area contributed by atoms with Crippen LogP contribution in [0, 0.1) is 5.41 Å². The Morgan fingerprint density at radius 1 is 1.32 bits per heavy atom. The molecule has 0 bridgehead atoms. The Bertz CT molecular complexity index is 684. The Morgan fingerprint density at radius 3 is 2.73 bits per heavy atom. The first-order valence-electron chi connectivity index (χ1n) is 7.48. The maximum atomic E-state index is 12.1. The summed E-state index contributed by atoms with van der Waals surface area (Å²) >= 11 is 1.52. The molecule has 2 heterocycles. The molecule has 1 N–H and O–H groups in total. The van der Waals surface area contributed by atoms with Crippen LogP contribution in [-0.2, 0) is 9.53 Å². The molecule has 1 saturated heterocycles. The Morgan fingerprint density at radius 2 is 2.05 bits per heavy atom. The van der Waals surface area contributed by atoms with Gasteiger partial charge in [0.2, 0.25) is 5.91 Å². The number of fused-ring (bicyclic) bond motifs is 1. The fourth-order valence-electron chi connectivity index (χ4n) is 2.27. The number of rotatable bonds is 2. The molecule has 22 heavy (non-hydrogen) atoms. The highest BCUT2D eigenvalue weighted by Crippen LogP contribution is 2.31. The number of carbonyl (C=O) groups excluding carboxylic acids is 1. The van der Waals surface area contributed by atoms with Crippen molar-refractivity contribution in [1.29, 1.82) is 0 Å². The predicted octanol–water partition coefficient (Wildman–Crippen LogP) is 3.12. The highest BCUT2D eigenvalue weighted by atomic mass is 32.1. The molecule has 3 rings (SSSR count). The molecule has 0 radical (unpaired) electrons. The van der Waals surface area contributed by atoms with Crippen molar-refractivity contribution in [2.24, 2.45) is 5.41 Å². The van der Waals surface area contributed by atoms with Crippen LogP contribution >= 0.6 is 11.3 Å². The van der Waals surface area contributed by atoms with Crippen molar-refractivity contribution in [3.05, 3.63) is 18.2 Å². The second kappa shape index (κ2) is 5.85. The van der Waals surface area contributed by atoms with Gasteiger partial charge in [-0.05, 0) is 18.2 Å². The summed E-state index contributed by atoms with van der Waals surface area (Å²) in [5, 5.41) is 3.57. The summed E-state index contributed by atoms with van der Waals surface area (Å²) in [5.41, 5.74) is 1.69. The van der Waals surface area contributed by atoms with E-state index in [-0.39, 0.29) is 5.91 Å². The molecule has 6 heteroatoms. The van der Waals surface area contributed by atoms with E-state index < -0.39 is 5.41 Å². The minimum atomic E-state index is -0.420. The second-order valence-corrected chi connectivity index (χ2v) is 7.51. The first kappa shape index (κ1) is 15.2. The van der Waals surface area contributed by atoms with E-state index in [1.807, 2.05) is 26.8 Å². The standard InChI is InChI=1S/C16H21N3O2S/c1-16(2,3)14(20)18-15-17-12-5-4-11(10-13(12)22-15)19-6-8-21-9-7-19/h4-5,10H,6-9H2,1-3H3,(H,17,18,20). The number of amides is 1. The summed E-state index contributed by atoms with van der Waals surface area (Å²) in [6.07, 6.45) is 0. The van der Waals surface area contributed by atoms with Gasteiger partial charge in [-0.15, -0.1) is 0 Å². The maximum Gasteiger partial charge on any atom is 0.231 e. The summed E-state index contributed by atoms with van der Waals surface area (Å²) in [4.78, 5) is 18.9. The lowest BCUT2D eigenvalue weighted by atomic mass is 9.96. The fraction of sp³-hybridized carbons (Fsp3) is 0.500. The van der Waals surface area contributed by atoms with Gasteiger partial charge in [-0.25, -0.2) is 4.98 Å². The van der Waals surface area contributed by atoms with Gasteiger partial charge in [0.15, 0.2) is 5.13 Å². The van der Waals surface area contributed by atoms with E-state index in [9.17, 15) is 4.79 Å². The van der Waals surface area contributed by atoms with Crippen LogP contribution in [0.3, 0.4) is 0 Å². The van der Waals surface area contributed by atoms with Gasteiger partial charge in [0.05, 0.1) is 23.4 Å². The number of benzene rings is 1. The molecule has 0 spiro atoms. The zero-order valence-electron chi connectivity index (χ0n) is 13.2. The number of nitrogens with one attached hydrogen (secondary N) is 1. The van der Waals surface area contributed by atoms with Gasteiger partial charge in [0.25, 0.3) is 0 Å². The Balaban J connectivity index is 1.82. The normalized spacial score (nSPS) is 16.0. The van der Waals surface area contributed by atoms with Gasteiger partial charge in [-0.2, -0.15) is 0 Å². The van der Waals surface area contributed by atoms with Crippen LogP contribution in [0.25, 0.3) is 10.2 Å². The average Bonchev–Trinajstić information content (AvgIpc) is 2.88. The number of anilines is 2. The van der Waals surface area contributed by atoms with Gasteiger partial charge in [0, 0.05) is 24.2 Å². The number of morpholine rings is 1. The molecule has 118 valence electrons. The zero-order chi connectivity index (χ0) is 15.7. The number of hydrogen-bond donors (Lipinski definition) is 1. The summed E-state index contributed by atoms with van der Waals surface area (Å²) < 4.78 is 6.48. The van der Waals surface area contributed by atoms with Crippen molar-refractivity contribution >= 4 is 38.3 Å². The summed E-state index contributed by atoms with van der Waals surface area (Å²) in [6, 6.07) is 6.25. The molecule has 1 aromatic heterocycles. The van der Waals surface area contributed by atoms with Crippen molar-refractivity contribution in [3.63, 3.8) is 0 Å². The molecule has 0 unspecified atom stereocenters. The third-order valence-electron chi connectivity index (χ3n) is 3.65. The molecule has 2 aromatic rings. The van der Waals surface area contributed by atoms with Gasteiger partial charge < -0.3 is 15.0 Å². The van der Waals surface area contributed by atoms with Crippen LogP contribution in [0.1, 0.15) is 20.8 Å². The number of carbonyl (C=O) groups is 1. The van der Waals surface area contributed by atoms with Gasteiger partial charge in [0.1, 0.15) is 0 Å². The SMILES string of the molecule is CC(C)(C)C(=O)Nc1nc2ccc(N3CCOCC3)cc2s1. The second-order valence-electron chi connectivity index (χ2n) is 6.47. The average molecular weight is 319 g/mol. The molecule has 1 aliphatic heterocycles. The molecular weight excluding hydrogens is 298 g/mol. The van der Waals surface area contributed by atoms with E-state index in [2.05, 4.69) is 27.3 Å². The van der Waals surface area contributed by atoms with Crippen molar-refractivity contribution < 1.29 is 9.53 Å². The molecule has 1 aromatic carbocycles. The van der Waals surface area contributed by atoms with E-state index in [1.54, 1.807) is 0 Å². The smallest absolute Gasteiger partial charge is 0.231 e. The maximum absolute atomic E-state index is 12.1. The fourth-order valence-corrected chi connectivity index (χ4v) is 3.16. The van der Waals surface area contributed by atoms with Gasteiger partial charge in [-0.3, -0.25) is 4.79 Å². The third-order valence-corrected chi connectivity index (χ3v) is 4.58. The number of aromatic nitrogens is 1. The minimum Gasteiger partial charge on any atom is -0.378 e. The first-order chi connectivity index (χ1) is 10.4. The van der Waals surface area contributed by atoms with E-state index >= 15 is 0 Å². The quantitative estimate of drug-likeness (QED) is 0.924. The number of ether oxygens (including phenoxy) is 1. The minimum absolute atomic E-state index is 0.0139. The molecule has 5 nitrogen and oxygen atoms in total. The molecule has 0 atom stereocenters. The summed E-state index contributed by atoms with van der Waals surface area (Å²) in [7, 11) is 0. The molecule has 1 fully saturated rings. The van der Waals surface area contributed by atoms with Crippen LogP contribution in [0.2, 0.25) is 0 Å². The Labute approximate surface area is 134 Å². The number of hydrogen-bond acceptors (Lipinski definition) is 5. The van der Waals surface area contributed by atoms with Crippen molar-refractivity contribution in [2.45, 2.75) is 20.8 Å². The largest absolute Gasteiger partial charge is 0.378 e. The summed E-state index contributed by atoms with van der Waals surface area (Å²) in [6.45, 7) is 9.06. The van der Waals surface area contributed by atoms with E-state index in [0.29, 0.717) is 5.13 Å². The topological polar surface area (TPSA) is 54.5 Å². The lowest BCUT2D eigenvalue weighted by molar-refractivity contribution is -0.123. The van der Waals surface area contributed by atoms with E-state index in [4.69, 9.17) is 4.74 Å². The highest BCUT2D eigenvalue weighted by Gasteiger charge is 2.22. The predicted molar refractivity (Wildman–Crippen MR) is 90.7 cm³/mol. The third kappa shape index (κ3) is 3.23. The van der Waals surface area contributed by atoms with Crippen LogP contribution in [-0.4, -0.2) is 37.2 Å². The lowest BCUT2D eigenvalue weighted by Gasteiger charge is -2.28. The van der Waals surface area contributed by atoms with Crippen molar-refractivity contribution in [3.8, 4) is 0 Å². The zero-order valence-corrected chi connectivity index (χ0v) is 14.0.